The number of fused-ring (bicyclic) bond motifs is 1. The second kappa shape index (κ2) is 7.65. The maximum Gasteiger partial charge on any atom is 0.325 e. The van der Waals surface area contributed by atoms with Gasteiger partial charge in [-0.25, -0.2) is 0 Å². The molecule has 136 valence electrons. The van der Waals surface area contributed by atoms with Crippen molar-refractivity contribution in [1.29, 1.82) is 0 Å². The van der Waals surface area contributed by atoms with Crippen molar-refractivity contribution >= 4 is 33.4 Å². The van der Waals surface area contributed by atoms with Crippen molar-refractivity contribution < 1.29 is 14.3 Å². The smallest absolute Gasteiger partial charge is 0.325 e. The highest BCUT2D eigenvalue weighted by atomic mass is 32.1. The van der Waals surface area contributed by atoms with Gasteiger partial charge in [0.15, 0.2) is 4.80 Å². The molecule has 1 aromatic carbocycles. The van der Waals surface area contributed by atoms with E-state index in [0.29, 0.717) is 17.0 Å². The fourth-order valence-electron chi connectivity index (χ4n) is 2.68. The van der Waals surface area contributed by atoms with Gasteiger partial charge in [-0.05, 0) is 37.1 Å². The van der Waals surface area contributed by atoms with Crippen LogP contribution in [0.1, 0.15) is 29.9 Å². The van der Waals surface area contributed by atoms with Crippen LogP contribution in [-0.2, 0) is 29.0 Å². The zero-order valence-electron chi connectivity index (χ0n) is 14.9. The summed E-state index contributed by atoms with van der Waals surface area (Å²) in [6.45, 7) is 4.57. The Morgan fingerprint density at radius 2 is 2.08 bits per heavy atom. The molecule has 26 heavy (non-hydrogen) atoms. The molecule has 0 radical (unpaired) electrons. The molecule has 2 aromatic heterocycles. The molecule has 0 spiro atoms. The lowest BCUT2D eigenvalue weighted by Gasteiger charge is -2.04. The van der Waals surface area contributed by atoms with E-state index in [1.807, 2.05) is 19.1 Å². The van der Waals surface area contributed by atoms with E-state index in [4.69, 9.17) is 4.74 Å². The second-order valence-corrected chi connectivity index (χ2v) is 6.66. The van der Waals surface area contributed by atoms with E-state index >= 15 is 0 Å². The summed E-state index contributed by atoms with van der Waals surface area (Å²) >= 11 is 1.38. The van der Waals surface area contributed by atoms with Gasteiger partial charge in [-0.3, -0.25) is 14.3 Å². The molecule has 0 atom stereocenters. The van der Waals surface area contributed by atoms with E-state index in [2.05, 4.69) is 23.1 Å². The number of methoxy groups -OCH3 is 1. The van der Waals surface area contributed by atoms with Crippen molar-refractivity contribution in [3.63, 3.8) is 0 Å². The van der Waals surface area contributed by atoms with Crippen LogP contribution in [0, 0.1) is 0 Å². The van der Waals surface area contributed by atoms with E-state index in [1.54, 1.807) is 21.5 Å². The van der Waals surface area contributed by atoms with E-state index in [1.165, 1.54) is 24.0 Å². The standard InChI is InChI=1S/C18H20N4O3S/c1-4-12-6-7-13-15(10-12)26-18(21(13)11-16(23)25-3)20-17(24)14-8-9-19-22(14)5-2/h6-10H,4-5,11H2,1-3H3. The minimum Gasteiger partial charge on any atom is -0.468 e. The maximum absolute atomic E-state index is 12.6. The molecule has 0 bridgehead atoms. The average molecular weight is 372 g/mol. The molecule has 0 aliphatic heterocycles. The molecule has 0 saturated heterocycles. The number of ether oxygens (including phenoxy) is 1. The van der Waals surface area contributed by atoms with Crippen LogP contribution in [0.2, 0.25) is 0 Å². The molecule has 0 unspecified atom stereocenters. The molecule has 7 nitrogen and oxygen atoms in total. The summed E-state index contributed by atoms with van der Waals surface area (Å²) < 4.78 is 9.08. The lowest BCUT2D eigenvalue weighted by Crippen LogP contribution is -2.23. The maximum atomic E-state index is 12.6. The Morgan fingerprint density at radius 1 is 1.27 bits per heavy atom. The average Bonchev–Trinajstić information content (AvgIpc) is 3.26. The zero-order valence-corrected chi connectivity index (χ0v) is 15.7. The van der Waals surface area contributed by atoms with Crippen LogP contribution in [0.4, 0.5) is 0 Å². The van der Waals surface area contributed by atoms with Crippen LogP contribution in [0.3, 0.4) is 0 Å². The third-order valence-corrected chi connectivity index (χ3v) is 5.14. The molecule has 1 amide bonds. The lowest BCUT2D eigenvalue weighted by atomic mass is 10.2. The lowest BCUT2D eigenvalue weighted by molar-refractivity contribution is -0.141. The van der Waals surface area contributed by atoms with Crippen molar-refractivity contribution in [2.75, 3.05) is 7.11 Å². The largest absolute Gasteiger partial charge is 0.468 e. The Labute approximate surface area is 154 Å². The number of esters is 1. The Hall–Kier alpha value is -2.74. The predicted molar refractivity (Wildman–Crippen MR) is 99.0 cm³/mol. The van der Waals surface area contributed by atoms with Crippen LogP contribution < -0.4 is 4.80 Å². The molecule has 0 fully saturated rings. The molecule has 3 aromatic rings. The Bertz CT molecular complexity index is 1030. The van der Waals surface area contributed by atoms with Gasteiger partial charge in [-0.1, -0.05) is 24.3 Å². The third kappa shape index (κ3) is 3.45. The number of hydrogen-bond acceptors (Lipinski definition) is 5. The Balaban J connectivity index is 2.15. The number of aromatic nitrogens is 3. The number of amides is 1. The minimum absolute atomic E-state index is 0.00112. The highest BCUT2D eigenvalue weighted by Gasteiger charge is 2.14. The van der Waals surface area contributed by atoms with Crippen molar-refractivity contribution in [3.8, 4) is 0 Å². The van der Waals surface area contributed by atoms with Gasteiger partial charge >= 0.3 is 5.97 Å². The molecule has 8 heteroatoms. The van der Waals surface area contributed by atoms with Gasteiger partial charge in [0, 0.05) is 12.7 Å². The monoisotopic (exact) mass is 372 g/mol. The molecular formula is C18H20N4O3S. The summed E-state index contributed by atoms with van der Waals surface area (Å²) in [5.41, 5.74) is 2.46. The quantitative estimate of drug-likeness (QED) is 0.644. The molecule has 0 aliphatic rings. The molecule has 0 aliphatic carbocycles. The van der Waals surface area contributed by atoms with Crippen molar-refractivity contribution in [2.45, 2.75) is 33.4 Å². The number of carbonyl (C=O) groups excluding carboxylic acids is 2. The van der Waals surface area contributed by atoms with Crippen LogP contribution in [0.5, 0.6) is 0 Å². The first-order valence-corrected chi connectivity index (χ1v) is 9.19. The second-order valence-electron chi connectivity index (χ2n) is 5.65. The normalized spacial score (nSPS) is 11.9. The van der Waals surface area contributed by atoms with Crippen molar-refractivity contribution in [3.05, 3.63) is 46.5 Å². The SMILES string of the molecule is CCc1ccc2c(c1)sc(=NC(=O)c1ccnn1CC)n2CC(=O)OC. The van der Waals surface area contributed by atoms with Gasteiger partial charge in [-0.2, -0.15) is 10.1 Å². The Kier molecular flexibility index (Phi) is 5.32. The molecule has 3 rings (SSSR count). The fraction of sp³-hybridized carbons (Fsp3) is 0.333. The van der Waals surface area contributed by atoms with E-state index < -0.39 is 5.97 Å². The fourth-order valence-corrected chi connectivity index (χ4v) is 3.77. The molecular weight excluding hydrogens is 352 g/mol. The summed E-state index contributed by atoms with van der Waals surface area (Å²) in [5.74, 6) is -0.776. The number of rotatable bonds is 5. The van der Waals surface area contributed by atoms with Crippen molar-refractivity contribution in [2.24, 2.45) is 4.99 Å². The summed E-state index contributed by atoms with van der Waals surface area (Å²) in [6.07, 6.45) is 2.49. The van der Waals surface area contributed by atoms with Crippen LogP contribution >= 0.6 is 11.3 Å². The first-order valence-electron chi connectivity index (χ1n) is 8.37. The summed E-state index contributed by atoms with van der Waals surface area (Å²) in [6, 6.07) is 7.67. The van der Waals surface area contributed by atoms with Gasteiger partial charge in [0.1, 0.15) is 12.2 Å². The van der Waals surface area contributed by atoms with Crippen LogP contribution in [-0.4, -0.2) is 33.3 Å². The van der Waals surface area contributed by atoms with E-state index in [9.17, 15) is 9.59 Å². The van der Waals surface area contributed by atoms with Gasteiger partial charge < -0.3 is 9.30 Å². The Morgan fingerprint density at radius 3 is 2.77 bits per heavy atom. The van der Waals surface area contributed by atoms with Crippen LogP contribution in [0.15, 0.2) is 35.5 Å². The summed E-state index contributed by atoms with van der Waals surface area (Å²) in [7, 11) is 1.34. The predicted octanol–water partition coefficient (Wildman–Crippen LogP) is 2.40. The highest BCUT2D eigenvalue weighted by molar-refractivity contribution is 7.16. The summed E-state index contributed by atoms with van der Waals surface area (Å²) in [4.78, 5) is 29.2. The van der Waals surface area contributed by atoms with Gasteiger partial charge in [-0.15, -0.1) is 0 Å². The minimum atomic E-state index is -0.392. The highest BCUT2D eigenvalue weighted by Crippen LogP contribution is 2.20. The van der Waals surface area contributed by atoms with E-state index in [-0.39, 0.29) is 12.5 Å². The third-order valence-electron chi connectivity index (χ3n) is 4.10. The molecule has 0 N–H and O–H groups in total. The zero-order chi connectivity index (χ0) is 18.7. The number of aryl methyl sites for hydroxylation is 2. The molecule has 2 heterocycles. The number of benzene rings is 1. The van der Waals surface area contributed by atoms with Crippen LogP contribution in [0.25, 0.3) is 10.2 Å². The van der Waals surface area contributed by atoms with Crippen molar-refractivity contribution in [1.82, 2.24) is 14.3 Å². The number of carbonyl (C=O) groups is 2. The molecule has 0 saturated carbocycles. The number of thiazole rings is 1. The van der Waals surface area contributed by atoms with Gasteiger partial charge in [0.25, 0.3) is 5.91 Å². The first-order chi connectivity index (χ1) is 12.6. The van der Waals surface area contributed by atoms with Gasteiger partial charge in [0.2, 0.25) is 0 Å². The summed E-state index contributed by atoms with van der Waals surface area (Å²) in [5, 5.41) is 4.11. The van der Waals surface area contributed by atoms with E-state index in [0.717, 1.165) is 16.6 Å². The topological polar surface area (TPSA) is 78.5 Å². The number of nitrogens with zero attached hydrogens (tertiary/aromatic N) is 4. The van der Waals surface area contributed by atoms with Gasteiger partial charge in [0.05, 0.1) is 17.3 Å². The first kappa shape index (κ1) is 18.1. The number of hydrogen-bond donors (Lipinski definition) is 0.